The van der Waals surface area contributed by atoms with Gasteiger partial charge in [-0.15, -0.1) is 0 Å². The Bertz CT molecular complexity index is 1590. The summed E-state index contributed by atoms with van der Waals surface area (Å²) in [7, 11) is -2.16. The molecule has 3 N–H and O–H groups in total. The van der Waals surface area contributed by atoms with E-state index in [1.807, 2.05) is 0 Å². The molecule has 2 aromatic carbocycles. The Morgan fingerprint density at radius 2 is 1.87 bits per heavy atom. The summed E-state index contributed by atoms with van der Waals surface area (Å²) in [5.74, 6) is 0.653. The largest absolute Gasteiger partial charge is 0.494 e. The van der Waals surface area contributed by atoms with Crippen LogP contribution in [0.2, 0.25) is 0 Å². The van der Waals surface area contributed by atoms with Crippen molar-refractivity contribution in [2.24, 2.45) is 0 Å². The first-order valence-corrected chi connectivity index (χ1v) is 13.5. The average molecular weight is 540 g/mol. The minimum absolute atomic E-state index is 0.133. The monoisotopic (exact) mass is 539 g/mol. The molecule has 1 aliphatic heterocycles. The van der Waals surface area contributed by atoms with E-state index in [1.165, 1.54) is 20.1 Å². The summed E-state index contributed by atoms with van der Waals surface area (Å²) >= 11 is 0. The molecule has 0 aliphatic carbocycles. The normalized spacial score (nSPS) is 14.0. The molecule has 3 heterocycles. The van der Waals surface area contributed by atoms with Gasteiger partial charge in [-0.05, 0) is 30.7 Å². The summed E-state index contributed by atoms with van der Waals surface area (Å²) in [6, 6.07) is 8.00. The maximum absolute atomic E-state index is 15.6. The van der Waals surface area contributed by atoms with Crippen molar-refractivity contribution in [3.8, 4) is 28.3 Å². The Balaban J connectivity index is 1.72. The standard InChI is InChI=1S/C25H26FN7O4S/c1-3-38(34,35)32-19-6-4-5-17(21(19)26)15-11-18-22(20(12-15)36-2)30-23(16-13-28-25(27)29-14-16)31-24(18)33-7-9-37-10-8-33/h4-6,11-14,32H,3,7-10H2,1-2H3,(H2,27,28,29). The number of nitrogens with two attached hydrogens (primary N) is 1. The summed E-state index contributed by atoms with van der Waals surface area (Å²) in [4.78, 5) is 19.7. The maximum atomic E-state index is 15.6. The Labute approximate surface area is 218 Å². The van der Waals surface area contributed by atoms with Crippen LogP contribution in [0.5, 0.6) is 5.75 Å². The molecule has 13 heteroatoms. The minimum Gasteiger partial charge on any atom is -0.494 e. The molecule has 0 saturated carbocycles. The number of rotatable bonds is 7. The maximum Gasteiger partial charge on any atom is 0.232 e. The van der Waals surface area contributed by atoms with E-state index in [0.717, 1.165) is 0 Å². The number of halogens is 1. The van der Waals surface area contributed by atoms with Crippen molar-refractivity contribution < 1.29 is 22.3 Å². The smallest absolute Gasteiger partial charge is 0.232 e. The number of nitrogens with one attached hydrogen (secondary N) is 1. The molecule has 0 spiro atoms. The van der Waals surface area contributed by atoms with Gasteiger partial charge in [0.15, 0.2) is 11.6 Å². The van der Waals surface area contributed by atoms with Crippen molar-refractivity contribution in [1.82, 2.24) is 19.9 Å². The lowest BCUT2D eigenvalue weighted by atomic mass is 10.0. The fourth-order valence-corrected chi connectivity index (χ4v) is 4.81. The van der Waals surface area contributed by atoms with Gasteiger partial charge in [-0.2, -0.15) is 0 Å². The van der Waals surface area contributed by atoms with Gasteiger partial charge in [-0.3, -0.25) is 4.72 Å². The molecule has 38 heavy (non-hydrogen) atoms. The zero-order valence-electron chi connectivity index (χ0n) is 20.8. The van der Waals surface area contributed by atoms with Gasteiger partial charge in [0.1, 0.15) is 17.1 Å². The third kappa shape index (κ3) is 5.02. The molecule has 5 rings (SSSR count). The summed E-state index contributed by atoms with van der Waals surface area (Å²) < 4.78 is 53.3. The van der Waals surface area contributed by atoms with E-state index in [1.54, 1.807) is 36.7 Å². The number of morpholine rings is 1. The van der Waals surface area contributed by atoms with Crippen LogP contribution in [0.1, 0.15) is 6.92 Å². The number of fused-ring (bicyclic) bond motifs is 1. The first kappa shape index (κ1) is 25.5. The SMILES string of the molecule is CCS(=O)(=O)Nc1cccc(-c2cc(OC)c3nc(-c4cnc(N)nc4)nc(N4CCOCC4)c3c2)c1F. The Kier molecular flexibility index (Phi) is 6.95. The van der Waals surface area contributed by atoms with Crippen molar-refractivity contribution >= 4 is 38.4 Å². The van der Waals surface area contributed by atoms with E-state index in [9.17, 15) is 8.42 Å². The predicted molar refractivity (Wildman–Crippen MR) is 143 cm³/mol. The molecule has 11 nitrogen and oxygen atoms in total. The number of hydrogen-bond donors (Lipinski definition) is 2. The zero-order chi connectivity index (χ0) is 26.9. The molecule has 1 saturated heterocycles. The molecule has 0 atom stereocenters. The van der Waals surface area contributed by atoms with Crippen LogP contribution in [0.15, 0.2) is 42.7 Å². The third-order valence-electron chi connectivity index (χ3n) is 6.16. The average Bonchev–Trinajstić information content (AvgIpc) is 2.94. The topological polar surface area (TPSA) is 145 Å². The van der Waals surface area contributed by atoms with E-state index >= 15 is 4.39 Å². The highest BCUT2D eigenvalue weighted by Gasteiger charge is 2.23. The van der Waals surface area contributed by atoms with Gasteiger partial charge in [-0.25, -0.2) is 32.7 Å². The lowest BCUT2D eigenvalue weighted by Crippen LogP contribution is -2.37. The molecule has 198 valence electrons. The van der Waals surface area contributed by atoms with Crippen molar-refractivity contribution in [3.05, 3.63) is 48.5 Å². The van der Waals surface area contributed by atoms with Crippen molar-refractivity contribution in [1.29, 1.82) is 0 Å². The van der Waals surface area contributed by atoms with Crippen molar-refractivity contribution in [3.63, 3.8) is 0 Å². The number of hydrogen-bond acceptors (Lipinski definition) is 10. The van der Waals surface area contributed by atoms with Gasteiger partial charge < -0.3 is 20.1 Å². The van der Waals surface area contributed by atoms with Gasteiger partial charge in [0, 0.05) is 36.4 Å². The second kappa shape index (κ2) is 10.3. The first-order valence-electron chi connectivity index (χ1n) is 11.9. The van der Waals surface area contributed by atoms with E-state index in [-0.39, 0.29) is 23.0 Å². The van der Waals surface area contributed by atoms with E-state index < -0.39 is 15.8 Å². The van der Waals surface area contributed by atoms with Crippen molar-refractivity contribution in [2.75, 3.05) is 54.5 Å². The number of aromatic nitrogens is 4. The number of sulfonamides is 1. The quantitative estimate of drug-likeness (QED) is 0.359. The van der Waals surface area contributed by atoms with Gasteiger partial charge in [0.2, 0.25) is 16.0 Å². The third-order valence-corrected chi connectivity index (χ3v) is 7.45. The highest BCUT2D eigenvalue weighted by Crippen LogP contribution is 2.39. The lowest BCUT2D eigenvalue weighted by molar-refractivity contribution is 0.122. The molecular formula is C25H26FN7O4S. The molecule has 0 amide bonds. The van der Waals surface area contributed by atoms with E-state index in [0.29, 0.717) is 65.7 Å². The number of ether oxygens (including phenoxy) is 2. The Hall–Kier alpha value is -4.10. The highest BCUT2D eigenvalue weighted by molar-refractivity contribution is 7.92. The summed E-state index contributed by atoms with van der Waals surface area (Å²) in [6.07, 6.45) is 3.09. The van der Waals surface area contributed by atoms with E-state index in [4.69, 9.17) is 25.2 Å². The Morgan fingerprint density at radius 1 is 1.13 bits per heavy atom. The molecule has 1 fully saturated rings. The summed E-state index contributed by atoms with van der Waals surface area (Å²) in [5.41, 5.74) is 7.28. The lowest BCUT2D eigenvalue weighted by Gasteiger charge is -2.29. The first-order chi connectivity index (χ1) is 18.3. The van der Waals surface area contributed by atoms with E-state index in [2.05, 4.69) is 19.6 Å². The number of nitrogens with zero attached hydrogens (tertiary/aromatic N) is 5. The van der Waals surface area contributed by atoms with Gasteiger partial charge >= 0.3 is 0 Å². The fraction of sp³-hybridized carbons (Fsp3) is 0.280. The molecular weight excluding hydrogens is 513 g/mol. The minimum atomic E-state index is -3.67. The molecule has 1 aliphatic rings. The molecule has 2 aromatic heterocycles. The molecule has 0 radical (unpaired) electrons. The molecule has 0 bridgehead atoms. The van der Waals surface area contributed by atoms with Crippen LogP contribution in [-0.4, -0.2) is 67.5 Å². The number of anilines is 3. The van der Waals surface area contributed by atoms with Gasteiger partial charge in [0.25, 0.3) is 0 Å². The van der Waals surface area contributed by atoms with Crippen LogP contribution < -0.4 is 20.1 Å². The van der Waals surface area contributed by atoms with Crippen LogP contribution in [-0.2, 0) is 14.8 Å². The number of benzene rings is 2. The van der Waals surface area contributed by atoms with Crippen LogP contribution >= 0.6 is 0 Å². The zero-order valence-corrected chi connectivity index (χ0v) is 21.6. The van der Waals surface area contributed by atoms with Gasteiger partial charge in [0.05, 0.1) is 37.3 Å². The fourth-order valence-electron chi connectivity index (χ4n) is 4.17. The van der Waals surface area contributed by atoms with Gasteiger partial charge in [-0.1, -0.05) is 12.1 Å². The van der Waals surface area contributed by atoms with Crippen molar-refractivity contribution in [2.45, 2.75) is 6.92 Å². The van der Waals surface area contributed by atoms with Crippen LogP contribution in [0.25, 0.3) is 33.4 Å². The molecule has 4 aromatic rings. The predicted octanol–water partition coefficient (Wildman–Crippen LogP) is 3.08. The van der Waals surface area contributed by atoms with Crippen LogP contribution in [0.4, 0.5) is 21.8 Å². The highest BCUT2D eigenvalue weighted by atomic mass is 32.2. The molecule has 0 unspecified atom stereocenters. The summed E-state index contributed by atoms with van der Waals surface area (Å²) in [5, 5.41) is 0.639. The van der Waals surface area contributed by atoms with Crippen LogP contribution in [0, 0.1) is 5.82 Å². The second-order valence-electron chi connectivity index (χ2n) is 8.55. The number of methoxy groups -OCH3 is 1. The number of nitrogen functional groups attached to an aromatic ring is 1. The summed E-state index contributed by atoms with van der Waals surface area (Å²) in [6.45, 7) is 3.72. The second-order valence-corrected chi connectivity index (χ2v) is 10.6. The van der Waals surface area contributed by atoms with Crippen LogP contribution in [0.3, 0.4) is 0 Å². The Morgan fingerprint density at radius 3 is 2.55 bits per heavy atom.